The predicted octanol–water partition coefficient (Wildman–Crippen LogP) is 1.07. The second-order valence-electron chi connectivity index (χ2n) is 6.91. The van der Waals surface area contributed by atoms with Crippen molar-refractivity contribution in [1.29, 1.82) is 0 Å². The first-order valence-electron chi connectivity index (χ1n) is 9.33. The molecule has 1 aromatic rings. The van der Waals surface area contributed by atoms with Crippen LogP contribution in [0, 0.1) is 0 Å². The van der Waals surface area contributed by atoms with E-state index in [1.807, 2.05) is 4.90 Å². The van der Waals surface area contributed by atoms with E-state index in [1.165, 1.54) is 13.0 Å². The lowest BCUT2D eigenvalue weighted by Gasteiger charge is -2.24. The molecule has 1 atom stereocenters. The van der Waals surface area contributed by atoms with Crippen LogP contribution in [0.3, 0.4) is 0 Å². The van der Waals surface area contributed by atoms with Crippen molar-refractivity contribution < 1.29 is 18.0 Å². The highest BCUT2D eigenvalue weighted by atomic mass is 32.2. The maximum atomic E-state index is 12.7. The van der Waals surface area contributed by atoms with Gasteiger partial charge in [0.1, 0.15) is 0 Å². The van der Waals surface area contributed by atoms with E-state index in [-0.39, 0.29) is 16.8 Å². The molecule has 2 aliphatic rings. The molecule has 3 amide bonds. The Morgan fingerprint density at radius 1 is 1.19 bits per heavy atom. The van der Waals surface area contributed by atoms with Crippen LogP contribution >= 0.6 is 0 Å². The minimum atomic E-state index is -3.82. The zero-order valence-corrected chi connectivity index (χ0v) is 16.5. The minimum Gasteiger partial charge on any atom is -0.355 e. The van der Waals surface area contributed by atoms with E-state index < -0.39 is 16.1 Å². The third-order valence-corrected chi connectivity index (χ3v) is 6.48. The van der Waals surface area contributed by atoms with Crippen LogP contribution in [0.2, 0.25) is 0 Å². The monoisotopic (exact) mass is 394 g/mol. The number of rotatable bonds is 5. The Bertz CT molecular complexity index is 834. The molecule has 2 N–H and O–H groups in total. The lowest BCUT2D eigenvalue weighted by atomic mass is 10.2. The summed E-state index contributed by atoms with van der Waals surface area (Å²) in [6.07, 6.45) is 2.67. The van der Waals surface area contributed by atoms with Gasteiger partial charge in [-0.2, -0.15) is 4.72 Å². The summed E-state index contributed by atoms with van der Waals surface area (Å²) in [4.78, 5) is 28.1. The maximum absolute atomic E-state index is 12.7. The van der Waals surface area contributed by atoms with Gasteiger partial charge < -0.3 is 10.2 Å². The number of carbonyl (C=O) groups is 2. The number of likely N-dealkylation sites (N-methyl/N-ethyl adjacent to an activating group) is 1. The van der Waals surface area contributed by atoms with Crippen LogP contribution in [0.15, 0.2) is 23.1 Å². The van der Waals surface area contributed by atoms with Crippen molar-refractivity contribution in [1.82, 2.24) is 14.9 Å². The lowest BCUT2D eigenvalue weighted by molar-refractivity contribution is -0.122. The molecule has 0 aliphatic carbocycles. The summed E-state index contributed by atoms with van der Waals surface area (Å²) >= 11 is 0. The molecule has 1 aromatic carbocycles. The number of amides is 3. The summed E-state index contributed by atoms with van der Waals surface area (Å²) in [5.41, 5.74) is 1.60. The highest BCUT2D eigenvalue weighted by Crippen LogP contribution is 2.31. The molecule has 9 heteroatoms. The summed E-state index contributed by atoms with van der Waals surface area (Å²) in [6, 6.07) is 3.89. The molecule has 0 bridgehead atoms. The molecule has 0 spiro atoms. The predicted molar refractivity (Wildman–Crippen MR) is 102 cm³/mol. The Labute approximate surface area is 160 Å². The van der Waals surface area contributed by atoms with Crippen LogP contribution in [0.25, 0.3) is 0 Å². The third-order valence-electron chi connectivity index (χ3n) is 4.94. The van der Waals surface area contributed by atoms with Gasteiger partial charge in [-0.15, -0.1) is 0 Å². The Hall–Kier alpha value is -2.13. The number of likely N-dealkylation sites (tertiary alicyclic amines) is 1. The van der Waals surface area contributed by atoms with Crippen molar-refractivity contribution in [3.8, 4) is 0 Å². The molecule has 148 valence electrons. The van der Waals surface area contributed by atoms with Crippen molar-refractivity contribution >= 4 is 27.6 Å². The topological polar surface area (TPSA) is 98.8 Å². The van der Waals surface area contributed by atoms with E-state index in [0.29, 0.717) is 19.5 Å². The number of nitrogens with zero attached hydrogens (tertiary/aromatic N) is 2. The summed E-state index contributed by atoms with van der Waals surface area (Å²) in [5.74, 6) is -0.371. The van der Waals surface area contributed by atoms with Gasteiger partial charge in [0, 0.05) is 31.9 Å². The van der Waals surface area contributed by atoms with E-state index in [2.05, 4.69) is 10.0 Å². The molecular weight excluding hydrogens is 368 g/mol. The van der Waals surface area contributed by atoms with Crippen LogP contribution < -0.4 is 14.9 Å². The molecule has 0 radical (unpaired) electrons. The SMILES string of the molecule is CCNC(=O)C(C)NS(=O)(=O)c1ccc2c(c1)CCN2C(=O)N1CCCC1. The molecule has 27 heavy (non-hydrogen) atoms. The fraction of sp³-hybridized carbons (Fsp3) is 0.556. The number of sulfonamides is 1. The molecule has 2 aliphatic heterocycles. The zero-order valence-electron chi connectivity index (χ0n) is 15.7. The fourth-order valence-corrected chi connectivity index (χ4v) is 4.76. The quantitative estimate of drug-likeness (QED) is 0.780. The summed E-state index contributed by atoms with van der Waals surface area (Å²) in [5, 5.41) is 2.59. The van der Waals surface area contributed by atoms with Crippen molar-refractivity contribution in [2.45, 2.75) is 44.0 Å². The van der Waals surface area contributed by atoms with Gasteiger partial charge in [0.2, 0.25) is 15.9 Å². The van der Waals surface area contributed by atoms with Crippen molar-refractivity contribution in [2.24, 2.45) is 0 Å². The normalized spacial score (nSPS) is 17.7. The first-order chi connectivity index (χ1) is 12.8. The van der Waals surface area contributed by atoms with Crippen LogP contribution in [0.5, 0.6) is 0 Å². The maximum Gasteiger partial charge on any atom is 0.324 e. The van der Waals surface area contributed by atoms with Crippen LogP contribution in [-0.4, -0.2) is 57.5 Å². The molecule has 0 saturated carbocycles. The fourth-order valence-electron chi connectivity index (χ4n) is 3.50. The number of hydrogen-bond acceptors (Lipinski definition) is 4. The van der Waals surface area contributed by atoms with E-state index in [1.54, 1.807) is 24.0 Å². The van der Waals surface area contributed by atoms with Gasteiger partial charge in [-0.1, -0.05) is 0 Å². The number of urea groups is 1. The van der Waals surface area contributed by atoms with E-state index in [9.17, 15) is 18.0 Å². The average molecular weight is 394 g/mol. The summed E-state index contributed by atoms with van der Waals surface area (Å²) in [6.45, 7) is 5.82. The molecule has 1 saturated heterocycles. The Balaban J connectivity index is 1.76. The zero-order chi connectivity index (χ0) is 19.6. The smallest absolute Gasteiger partial charge is 0.324 e. The summed E-state index contributed by atoms with van der Waals surface area (Å²) in [7, 11) is -3.82. The lowest BCUT2D eigenvalue weighted by Crippen LogP contribution is -2.44. The van der Waals surface area contributed by atoms with Crippen molar-refractivity contribution in [3.63, 3.8) is 0 Å². The average Bonchev–Trinajstić information content (AvgIpc) is 3.30. The number of hydrogen-bond donors (Lipinski definition) is 2. The van der Waals surface area contributed by atoms with Crippen LogP contribution in [0.1, 0.15) is 32.3 Å². The van der Waals surface area contributed by atoms with Gasteiger partial charge in [0.05, 0.1) is 10.9 Å². The molecular formula is C18H26N4O4S. The van der Waals surface area contributed by atoms with E-state index in [4.69, 9.17) is 0 Å². The summed E-state index contributed by atoms with van der Waals surface area (Å²) < 4.78 is 27.6. The Morgan fingerprint density at radius 3 is 2.56 bits per heavy atom. The van der Waals surface area contributed by atoms with Crippen molar-refractivity contribution in [2.75, 3.05) is 31.1 Å². The van der Waals surface area contributed by atoms with Gasteiger partial charge in [0.15, 0.2) is 0 Å². The van der Waals surface area contributed by atoms with E-state index in [0.717, 1.165) is 37.2 Å². The highest BCUT2D eigenvalue weighted by molar-refractivity contribution is 7.89. The third kappa shape index (κ3) is 4.08. The second-order valence-corrected chi connectivity index (χ2v) is 8.62. The van der Waals surface area contributed by atoms with Crippen LogP contribution in [-0.2, 0) is 21.2 Å². The van der Waals surface area contributed by atoms with Gasteiger partial charge >= 0.3 is 6.03 Å². The van der Waals surface area contributed by atoms with Crippen molar-refractivity contribution in [3.05, 3.63) is 23.8 Å². The second kappa shape index (κ2) is 7.85. The number of fused-ring (bicyclic) bond motifs is 1. The van der Waals surface area contributed by atoms with E-state index >= 15 is 0 Å². The minimum absolute atomic E-state index is 0.00941. The Kier molecular flexibility index (Phi) is 5.71. The number of benzene rings is 1. The first kappa shape index (κ1) is 19.6. The standard InChI is InChI=1S/C18H26N4O4S/c1-3-19-17(23)13(2)20-27(25,26)15-6-7-16-14(12-15)8-11-22(16)18(24)21-9-4-5-10-21/h6-7,12-13,20H,3-5,8-11H2,1-2H3,(H,19,23). The molecule has 1 fully saturated rings. The van der Waals surface area contributed by atoms with Crippen LogP contribution in [0.4, 0.5) is 10.5 Å². The molecule has 3 rings (SSSR count). The highest BCUT2D eigenvalue weighted by Gasteiger charge is 2.31. The number of nitrogens with one attached hydrogen (secondary N) is 2. The van der Waals surface area contributed by atoms with Gasteiger partial charge in [-0.25, -0.2) is 13.2 Å². The number of carbonyl (C=O) groups excluding carboxylic acids is 2. The Morgan fingerprint density at radius 2 is 1.89 bits per heavy atom. The number of anilines is 1. The molecule has 2 heterocycles. The van der Waals surface area contributed by atoms with Gasteiger partial charge in [0.25, 0.3) is 0 Å². The molecule has 8 nitrogen and oxygen atoms in total. The molecule has 0 aromatic heterocycles. The largest absolute Gasteiger partial charge is 0.355 e. The van der Waals surface area contributed by atoms with Gasteiger partial charge in [-0.3, -0.25) is 9.69 Å². The van der Waals surface area contributed by atoms with Gasteiger partial charge in [-0.05, 0) is 56.9 Å². The first-order valence-corrected chi connectivity index (χ1v) is 10.8. The molecule has 1 unspecified atom stereocenters.